The highest BCUT2D eigenvalue weighted by Gasteiger charge is 2.17. The molecule has 0 unspecified atom stereocenters. The molecule has 1 heterocycles. The molecule has 0 aliphatic carbocycles. The van der Waals surface area contributed by atoms with Crippen molar-refractivity contribution in [3.63, 3.8) is 0 Å². The third-order valence-electron chi connectivity index (χ3n) is 2.97. The maximum Gasteiger partial charge on any atom is 0.361 e. The number of ether oxygens (including phenoxy) is 2. The number of benzene rings is 1. The molecule has 6 heteroatoms. The Morgan fingerprint density at radius 2 is 2.29 bits per heavy atom. The van der Waals surface area contributed by atoms with E-state index in [1.807, 2.05) is 24.3 Å². The van der Waals surface area contributed by atoms with Crippen molar-refractivity contribution in [1.82, 2.24) is 15.0 Å². The van der Waals surface area contributed by atoms with Crippen LogP contribution in [0.25, 0.3) is 0 Å². The number of rotatable bonds is 6. The van der Waals surface area contributed by atoms with Gasteiger partial charge >= 0.3 is 5.97 Å². The van der Waals surface area contributed by atoms with E-state index >= 15 is 0 Å². The number of hydrogen-bond donors (Lipinski definition) is 0. The van der Waals surface area contributed by atoms with E-state index in [1.54, 1.807) is 18.7 Å². The standard InChI is InChI=1S/C15H17N3O3/c1-4-8-21-15(19)14-11(2)18(17-16-14)10-12-6-5-7-13(9-12)20-3/h4-7,9H,1,8,10H2,2-3H3. The van der Waals surface area contributed by atoms with Crippen LogP contribution in [0.1, 0.15) is 21.7 Å². The van der Waals surface area contributed by atoms with Crippen molar-refractivity contribution in [2.75, 3.05) is 13.7 Å². The lowest BCUT2D eigenvalue weighted by molar-refractivity contribution is 0.0542. The maximum atomic E-state index is 11.8. The fourth-order valence-corrected chi connectivity index (χ4v) is 1.85. The average Bonchev–Trinajstić information content (AvgIpc) is 2.86. The largest absolute Gasteiger partial charge is 0.497 e. The van der Waals surface area contributed by atoms with Gasteiger partial charge in [0.15, 0.2) is 5.69 Å². The molecule has 2 rings (SSSR count). The first-order valence-electron chi connectivity index (χ1n) is 6.46. The minimum absolute atomic E-state index is 0.154. The zero-order valence-corrected chi connectivity index (χ0v) is 12.1. The van der Waals surface area contributed by atoms with E-state index in [0.717, 1.165) is 11.3 Å². The van der Waals surface area contributed by atoms with E-state index in [0.29, 0.717) is 12.2 Å². The van der Waals surface area contributed by atoms with Crippen LogP contribution >= 0.6 is 0 Å². The number of esters is 1. The lowest BCUT2D eigenvalue weighted by atomic mass is 10.2. The quantitative estimate of drug-likeness (QED) is 0.600. The van der Waals surface area contributed by atoms with Crippen LogP contribution in [-0.4, -0.2) is 34.7 Å². The molecule has 110 valence electrons. The third-order valence-corrected chi connectivity index (χ3v) is 2.97. The molecule has 0 N–H and O–H groups in total. The summed E-state index contributed by atoms with van der Waals surface area (Å²) in [5.74, 6) is 0.278. The lowest BCUT2D eigenvalue weighted by Gasteiger charge is -2.06. The highest BCUT2D eigenvalue weighted by atomic mass is 16.5. The van der Waals surface area contributed by atoms with Crippen LogP contribution in [0.5, 0.6) is 5.75 Å². The summed E-state index contributed by atoms with van der Waals surface area (Å²) in [6.45, 7) is 5.94. The number of methoxy groups -OCH3 is 1. The Balaban J connectivity index is 2.16. The summed E-state index contributed by atoms with van der Waals surface area (Å²) in [5, 5.41) is 7.88. The van der Waals surface area contributed by atoms with Crippen molar-refractivity contribution >= 4 is 5.97 Å². The Morgan fingerprint density at radius 3 is 3.00 bits per heavy atom. The van der Waals surface area contributed by atoms with Gasteiger partial charge in [0.1, 0.15) is 12.4 Å². The van der Waals surface area contributed by atoms with Gasteiger partial charge in [-0.2, -0.15) is 0 Å². The molecule has 1 aromatic carbocycles. The van der Waals surface area contributed by atoms with Crippen molar-refractivity contribution in [2.45, 2.75) is 13.5 Å². The van der Waals surface area contributed by atoms with E-state index in [-0.39, 0.29) is 12.3 Å². The fraction of sp³-hybridized carbons (Fsp3) is 0.267. The summed E-state index contributed by atoms with van der Waals surface area (Å²) in [6.07, 6.45) is 1.51. The van der Waals surface area contributed by atoms with Gasteiger partial charge < -0.3 is 9.47 Å². The molecule has 0 saturated heterocycles. The molecule has 6 nitrogen and oxygen atoms in total. The molecule has 0 bridgehead atoms. The van der Waals surface area contributed by atoms with E-state index in [4.69, 9.17) is 9.47 Å². The minimum atomic E-state index is -0.496. The van der Waals surface area contributed by atoms with Crippen LogP contribution in [-0.2, 0) is 11.3 Å². The second-order valence-electron chi connectivity index (χ2n) is 4.42. The maximum absolute atomic E-state index is 11.8. The van der Waals surface area contributed by atoms with Crippen molar-refractivity contribution in [3.8, 4) is 5.75 Å². The van der Waals surface area contributed by atoms with Crippen molar-refractivity contribution in [2.24, 2.45) is 0 Å². The first-order valence-corrected chi connectivity index (χ1v) is 6.46. The molecule has 1 aromatic heterocycles. The second kappa shape index (κ2) is 6.69. The van der Waals surface area contributed by atoms with Crippen LogP contribution in [0.3, 0.4) is 0 Å². The number of aromatic nitrogens is 3. The van der Waals surface area contributed by atoms with Crippen LogP contribution < -0.4 is 4.74 Å². The smallest absolute Gasteiger partial charge is 0.361 e. The second-order valence-corrected chi connectivity index (χ2v) is 4.42. The van der Waals surface area contributed by atoms with Gasteiger partial charge in [0.25, 0.3) is 0 Å². The molecule has 0 aliphatic rings. The Labute approximate surface area is 123 Å². The van der Waals surface area contributed by atoms with E-state index < -0.39 is 5.97 Å². The highest BCUT2D eigenvalue weighted by molar-refractivity contribution is 5.88. The molecule has 0 spiro atoms. The molecular formula is C15H17N3O3. The Bertz CT molecular complexity index is 649. The van der Waals surface area contributed by atoms with Gasteiger partial charge in [0, 0.05) is 0 Å². The SMILES string of the molecule is C=CCOC(=O)c1nnn(Cc2cccc(OC)c2)c1C. The summed E-state index contributed by atoms with van der Waals surface area (Å²) in [6, 6.07) is 7.64. The number of hydrogen-bond acceptors (Lipinski definition) is 5. The van der Waals surface area contributed by atoms with E-state index in [2.05, 4.69) is 16.9 Å². The van der Waals surface area contributed by atoms with Gasteiger partial charge in [-0.1, -0.05) is 30.0 Å². The number of carbonyl (C=O) groups excluding carboxylic acids is 1. The summed E-state index contributed by atoms with van der Waals surface area (Å²) >= 11 is 0. The first-order chi connectivity index (χ1) is 10.2. The molecule has 0 fully saturated rings. The van der Waals surface area contributed by atoms with Crippen molar-refractivity contribution in [3.05, 3.63) is 53.9 Å². The summed E-state index contributed by atoms with van der Waals surface area (Å²) in [4.78, 5) is 11.8. The molecule has 0 atom stereocenters. The predicted octanol–water partition coefficient (Wildman–Crippen LogP) is 1.99. The Morgan fingerprint density at radius 1 is 1.48 bits per heavy atom. The molecule has 0 aliphatic heterocycles. The summed E-state index contributed by atoms with van der Waals surface area (Å²) < 4.78 is 11.8. The fourth-order valence-electron chi connectivity index (χ4n) is 1.85. The van der Waals surface area contributed by atoms with Gasteiger partial charge in [-0.05, 0) is 24.6 Å². The Hall–Kier alpha value is -2.63. The first kappa shape index (κ1) is 14.8. The normalized spacial score (nSPS) is 10.2. The van der Waals surface area contributed by atoms with Gasteiger partial charge in [0.2, 0.25) is 0 Å². The zero-order chi connectivity index (χ0) is 15.2. The van der Waals surface area contributed by atoms with Crippen LogP contribution in [0.15, 0.2) is 36.9 Å². The van der Waals surface area contributed by atoms with Gasteiger partial charge in [-0.15, -0.1) is 5.10 Å². The van der Waals surface area contributed by atoms with E-state index in [1.165, 1.54) is 6.08 Å². The number of carbonyl (C=O) groups is 1. The number of nitrogens with zero attached hydrogens (tertiary/aromatic N) is 3. The Kier molecular flexibility index (Phi) is 4.71. The van der Waals surface area contributed by atoms with Gasteiger partial charge in [-0.25, -0.2) is 9.48 Å². The van der Waals surface area contributed by atoms with Crippen molar-refractivity contribution < 1.29 is 14.3 Å². The summed E-state index contributed by atoms with van der Waals surface area (Å²) in [5.41, 5.74) is 1.89. The van der Waals surface area contributed by atoms with Crippen molar-refractivity contribution in [1.29, 1.82) is 0 Å². The summed E-state index contributed by atoms with van der Waals surface area (Å²) in [7, 11) is 1.62. The van der Waals surface area contributed by atoms with Crippen LogP contribution in [0.2, 0.25) is 0 Å². The topological polar surface area (TPSA) is 66.2 Å². The third kappa shape index (κ3) is 3.47. The lowest BCUT2D eigenvalue weighted by Crippen LogP contribution is -2.09. The monoisotopic (exact) mass is 287 g/mol. The molecule has 2 aromatic rings. The molecule has 0 amide bonds. The van der Waals surface area contributed by atoms with Gasteiger partial charge in [0.05, 0.1) is 19.3 Å². The van der Waals surface area contributed by atoms with Gasteiger partial charge in [-0.3, -0.25) is 0 Å². The predicted molar refractivity (Wildman–Crippen MR) is 77.3 cm³/mol. The van der Waals surface area contributed by atoms with E-state index in [9.17, 15) is 4.79 Å². The van der Waals surface area contributed by atoms with Crippen LogP contribution in [0, 0.1) is 6.92 Å². The molecule has 0 radical (unpaired) electrons. The van der Waals surface area contributed by atoms with Crippen LogP contribution in [0.4, 0.5) is 0 Å². The minimum Gasteiger partial charge on any atom is -0.497 e. The highest BCUT2D eigenvalue weighted by Crippen LogP contribution is 2.15. The average molecular weight is 287 g/mol. The zero-order valence-electron chi connectivity index (χ0n) is 12.1. The molecule has 0 saturated carbocycles. The molecule has 21 heavy (non-hydrogen) atoms. The molecular weight excluding hydrogens is 270 g/mol.